The highest BCUT2D eigenvalue weighted by Crippen LogP contribution is 2.45. The highest BCUT2D eigenvalue weighted by molar-refractivity contribution is 7.15. The van der Waals surface area contributed by atoms with Crippen LogP contribution in [0.15, 0.2) is 0 Å². The Kier molecular flexibility index (Phi) is 3.32. The fourth-order valence-electron chi connectivity index (χ4n) is 3.07. The molecule has 2 fully saturated rings. The normalized spacial score (nSPS) is 28.1. The molecular weight excluding hydrogens is 244 g/mol. The van der Waals surface area contributed by atoms with Gasteiger partial charge in [-0.15, -0.1) is 0 Å². The van der Waals surface area contributed by atoms with Crippen LogP contribution in [-0.2, 0) is 6.61 Å². The van der Waals surface area contributed by atoms with Crippen molar-refractivity contribution in [2.75, 3.05) is 4.90 Å². The third kappa shape index (κ3) is 2.05. The Morgan fingerprint density at radius 2 is 2.11 bits per heavy atom. The van der Waals surface area contributed by atoms with E-state index < -0.39 is 0 Å². The number of thiazole rings is 1. The summed E-state index contributed by atoms with van der Waals surface area (Å²) in [7, 11) is 0. The summed E-state index contributed by atoms with van der Waals surface area (Å²) in [5.41, 5.74) is 1.19. The van der Waals surface area contributed by atoms with E-state index in [0.29, 0.717) is 18.0 Å². The van der Waals surface area contributed by atoms with E-state index in [4.69, 9.17) is 4.98 Å². The molecule has 2 atom stereocenters. The Hall–Kier alpha value is -0.610. The Morgan fingerprint density at radius 1 is 1.33 bits per heavy atom. The van der Waals surface area contributed by atoms with Crippen molar-refractivity contribution in [3.63, 3.8) is 0 Å². The second-order valence-corrected chi connectivity index (χ2v) is 6.70. The van der Waals surface area contributed by atoms with Crippen molar-refractivity contribution in [3.8, 4) is 0 Å². The van der Waals surface area contributed by atoms with Gasteiger partial charge in [-0.3, -0.25) is 0 Å². The molecule has 18 heavy (non-hydrogen) atoms. The van der Waals surface area contributed by atoms with Crippen LogP contribution in [0.5, 0.6) is 0 Å². The topological polar surface area (TPSA) is 36.4 Å². The maximum atomic E-state index is 9.49. The van der Waals surface area contributed by atoms with Crippen molar-refractivity contribution in [1.82, 2.24) is 4.98 Å². The van der Waals surface area contributed by atoms with Gasteiger partial charge in [-0.1, -0.05) is 18.3 Å². The lowest BCUT2D eigenvalue weighted by Crippen LogP contribution is -2.33. The number of hydrogen-bond donors (Lipinski definition) is 1. The first-order chi connectivity index (χ1) is 8.74. The fourth-order valence-corrected chi connectivity index (χ4v) is 4.25. The first-order valence-corrected chi connectivity index (χ1v) is 7.95. The summed E-state index contributed by atoms with van der Waals surface area (Å²) >= 11 is 1.71. The molecular formula is C14H22N2OS. The summed E-state index contributed by atoms with van der Waals surface area (Å²) in [6.07, 6.45) is 6.25. The first kappa shape index (κ1) is 12.4. The van der Waals surface area contributed by atoms with Crippen LogP contribution in [0.1, 0.15) is 62.4 Å². The number of aliphatic hydroxyl groups is 1. The van der Waals surface area contributed by atoms with E-state index in [0.717, 1.165) is 10.0 Å². The molecule has 0 spiro atoms. The summed E-state index contributed by atoms with van der Waals surface area (Å²) in [4.78, 5) is 8.45. The molecule has 3 nitrogen and oxygen atoms in total. The molecule has 1 aromatic heterocycles. The average Bonchev–Trinajstić information content (AvgIpc) is 3.03. The van der Waals surface area contributed by atoms with E-state index in [1.54, 1.807) is 11.3 Å². The van der Waals surface area contributed by atoms with Crippen LogP contribution in [0, 0.1) is 0 Å². The lowest BCUT2D eigenvalue weighted by molar-refractivity contribution is 0.284. The SMILES string of the molecule is CCC1CCC(C)N1c1nc(C2CC2)c(CO)s1. The van der Waals surface area contributed by atoms with Gasteiger partial charge in [-0.2, -0.15) is 0 Å². The molecule has 2 aliphatic rings. The number of nitrogens with zero attached hydrogens (tertiary/aromatic N) is 2. The smallest absolute Gasteiger partial charge is 0.186 e. The van der Waals surface area contributed by atoms with Crippen molar-refractivity contribution in [3.05, 3.63) is 10.6 Å². The van der Waals surface area contributed by atoms with Crippen LogP contribution < -0.4 is 4.90 Å². The second kappa shape index (κ2) is 4.82. The fraction of sp³-hybridized carbons (Fsp3) is 0.786. The summed E-state index contributed by atoms with van der Waals surface area (Å²) in [6.45, 7) is 4.72. The van der Waals surface area contributed by atoms with Crippen molar-refractivity contribution in [2.45, 2.75) is 70.6 Å². The second-order valence-electron chi connectivity index (χ2n) is 5.63. The van der Waals surface area contributed by atoms with E-state index in [1.165, 1.54) is 37.8 Å². The van der Waals surface area contributed by atoms with Crippen molar-refractivity contribution in [1.29, 1.82) is 0 Å². The van der Waals surface area contributed by atoms with Gasteiger partial charge in [0.2, 0.25) is 0 Å². The van der Waals surface area contributed by atoms with Crippen LogP contribution in [-0.4, -0.2) is 22.2 Å². The highest BCUT2D eigenvalue weighted by atomic mass is 32.1. The van der Waals surface area contributed by atoms with Crippen LogP contribution in [0.25, 0.3) is 0 Å². The molecule has 0 radical (unpaired) electrons. The molecule has 1 aliphatic heterocycles. The molecule has 2 unspecified atom stereocenters. The predicted octanol–water partition coefficient (Wildman–Crippen LogP) is 3.28. The van der Waals surface area contributed by atoms with E-state index >= 15 is 0 Å². The van der Waals surface area contributed by atoms with Gasteiger partial charge in [0, 0.05) is 18.0 Å². The minimum Gasteiger partial charge on any atom is -0.391 e. The van der Waals surface area contributed by atoms with Crippen LogP contribution in [0.3, 0.4) is 0 Å². The van der Waals surface area contributed by atoms with Crippen LogP contribution in [0.2, 0.25) is 0 Å². The molecule has 2 heterocycles. The molecule has 0 aromatic carbocycles. The molecule has 1 saturated heterocycles. The largest absolute Gasteiger partial charge is 0.391 e. The summed E-state index contributed by atoms with van der Waals surface area (Å²) in [5, 5.41) is 10.6. The highest BCUT2D eigenvalue weighted by Gasteiger charge is 2.35. The molecule has 1 saturated carbocycles. The molecule has 4 heteroatoms. The monoisotopic (exact) mass is 266 g/mol. The molecule has 100 valence electrons. The molecule has 1 aliphatic carbocycles. The molecule has 3 rings (SSSR count). The zero-order valence-corrected chi connectivity index (χ0v) is 12.0. The maximum Gasteiger partial charge on any atom is 0.186 e. The molecule has 1 N–H and O–H groups in total. The number of aliphatic hydroxyl groups excluding tert-OH is 1. The van der Waals surface area contributed by atoms with E-state index in [9.17, 15) is 5.11 Å². The van der Waals surface area contributed by atoms with Crippen LogP contribution >= 0.6 is 11.3 Å². The summed E-state index contributed by atoms with van der Waals surface area (Å²) in [5.74, 6) is 0.634. The standard InChI is InChI=1S/C14H22N2OS/c1-3-11-7-4-9(2)16(11)14-15-13(10-5-6-10)12(8-17)18-14/h9-11,17H,3-8H2,1-2H3. The number of anilines is 1. The Bertz CT molecular complexity index is 427. The van der Waals surface area contributed by atoms with E-state index in [2.05, 4.69) is 18.7 Å². The summed E-state index contributed by atoms with van der Waals surface area (Å²) < 4.78 is 0. The van der Waals surface area contributed by atoms with E-state index in [-0.39, 0.29) is 6.61 Å². The lowest BCUT2D eigenvalue weighted by atomic mass is 10.2. The number of hydrogen-bond acceptors (Lipinski definition) is 4. The number of rotatable bonds is 4. The first-order valence-electron chi connectivity index (χ1n) is 7.13. The third-order valence-electron chi connectivity index (χ3n) is 4.30. The zero-order valence-electron chi connectivity index (χ0n) is 11.2. The van der Waals surface area contributed by atoms with E-state index in [1.807, 2.05) is 0 Å². The molecule has 0 amide bonds. The Labute approximate surface area is 113 Å². The third-order valence-corrected chi connectivity index (χ3v) is 5.37. The Morgan fingerprint density at radius 3 is 2.72 bits per heavy atom. The van der Waals surface area contributed by atoms with Gasteiger partial charge < -0.3 is 10.0 Å². The van der Waals surface area contributed by atoms with Crippen molar-refractivity contribution < 1.29 is 5.11 Å². The van der Waals surface area contributed by atoms with Gasteiger partial charge in [0.1, 0.15) is 0 Å². The van der Waals surface area contributed by atoms with Gasteiger partial charge in [0.25, 0.3) is 0 Å². The van der Waals surface area contributed by atoms with Gasteiger partial charge in [-0.25, -0.2) is 4.98 Å². The van der Waals surface area contributed by atoms with Gasteiger partial charge in [-0.05, 0) is 39.0 Å². The summed E-state index contributed by atoms with van der Waals surface area (Å²) in [6, 6.07) is 1.24. The quantitative estimate of drug-likeness (QED) is 0.908. The van der Waals surface area contributed by atoms with Crippen molar-refractivity contribution >= 4 is 16.5 Å². The Balaban J connectivity index is 1.90. The average molecular weight is 266 g/mol. The van der Waals surface area contributed by atoms with Gasteiger partial charge >= 0.3 is 0 Å². The number of aromatic nitrogens is 1. The van der Waals surface area contributed by atoms with Crippen molar-refractivity contribution in [2.24, 2.45) is 0 Å². The minimum atomic E-state index is 0.155. The van der Waals surface area contributed by atoms with Gasteiger partial charge in [0.05, 0.1) is 17.2 Å². The minimum absolute atomic E-state index is 0.155. The predicted molar refractivity (Wildman–Crippen MR) is 75.3 cm³/mol. The zero-order chi connectivity index (χ0) is 12.7. The molecule has 1 aromatic rings. The molecule has 0 bridgehead atoms. The van der Waals surface area contributed by atoms with Gasteiger partial charge in [0.15, 0.2) is 5.13 Å². The maximum absolute atomic E-state index is 9.49. The van der Waals surface area contributed by atoms with Crippen LogP contribution in [0.4, 0.5) is 5.13 Å². The lowest BCUT2D eigenvalue weighted by Gasteiger charge is -2.27.